The van der Waals surface area contributed by atoms with Gasteiger partial charge in [0.05, 0.1) is 29.6 Å². The number of hydrogen-bond acceptors (Lipinski definition) is 6. The summed E-state index contributed by atoms with van der Waals surface area (Å²) in [5.74, 6) is 0.377. The molecule has 2 bridgehead atoms. The lowest BCUT2D eigenvalue weighted by molar-refractivity contribution is -0.225. The minimum atomic E-state index is -1.04. The molecule has 0 aromatic heterocycles. The lowest BCUT2D eigenvalue weighted by Crippen LogP contribution is -2.67. The van der Waals surface area contributed by atoms with Gasteiger partial charge in [-0.15, -0.1) is 0 Å². The Hall–Kier alpha value is -0.980. The summed E-state index contributed by atoms with van der Waals surface area (Å²) < 4.78 is 17.8. The molecule has 28 heavy (non-hydrogen) atoms. The number of aliphatic hydroxyl groups is 1. The molecular weight excluding hydrogens is 360 g/mol. The highest BCUT2D eigenvalue weighted by Crippen LogP contribution is 2.75. The van der Waals surface area contributed by atoms with Crippen molar-refractivity contribution in [2.75, 3.05) is 14.2 Å². The number of ether oxygens (including phenoxy) is 3. The fourth-order valence-electron chi connectivity index (χ4n) is 8.57. The number of hydrogen-bond donors (Lipinski definition) is 1. The summed E-state index contributed by atoms with van der Waals surface area (Å²) in [7, 11) is 3.13. The van der Waals surface area contributed by atoms with Crippen LogP contribution >= 0.6 is 0 Å². The topological polar surface area (TPSA) is 82.1 Å². The number of esters is 1. The van der Waals surface area contributed by atoms with E-state index in [0.717, 1.165) is 32.1 Å². The molecule has 0 amide bonds. The van der Waals surface area contributed by atoms with Gasteiger partial charge in [-0.05, 0) is 56.3 Å². The van der Waals surface area contributed by atoms with Gasteiger partial charge >= 0.3 is 5.97 Å². The van der Waals surface area contributed by atoms with Crippen molar-refractivity contribution in [3.63, 3.8) is 0 Å². The molecule has 4 saturated carbocycles. The first-order valence-corrected chi connectivity index (χ1v) is 10.8. The molecule has 1 aliphatic heterocycles. The number of methoxy groups -OCH3 is 2. The van der Waals surface area contributed by atoms with E-state index < -0.39 is 17.3 Å². The number of ketones is 1. The third kappa shape index (κ3) is 1.95. The zero-order valence-corrected chi connectivity index (χ0v) is 17.2. The zero-order valence-electron chi connectivity index (χ0n) is 17.2. The van der Waals surface area contributed by atoms with Gasteiger partial charge in [-0.3, -0.25) is 9.59 Å². The standard InChI is InChI=1S/C22H32O6/c1-19-8-7-16-21-9-6-13(23)12-20(21,25)10-11-22(16,28-18(21)27-3)15(19)5-4-14(19)17(24)26-2/h14-16,18,25H,4-12H2,1-3H3/t14-,15-,16-,18-,19-,20-,21-,22-/m1/s1. The third-order valence-electron chi connectivity index (χ3n) is 9.66. The van der Waals surface area contributed by atoms with Gasteiger partial charge in [-0.25, -0.2) is 0 Å². The first-order valence-electron chi connectivity index (χ1n) is 10.8. The molecule has 6 heteroatoms. The molecule has 0 aromatic carbocycles. The van der Waals surface area contributed by atoms with E-state index in [2.05, 4.69) is 6.92 Å². The summed E-state index contributed by atoms with van der Waals surface area (Å²) in [5.41, 5.74) is -2.07. The smallest absolute Gasteiger partial charge is 0.309 e. The minimum Gasteiger partial charge on any atom is -0.469 e. The van der Waals surface area contributed by atoms with Crippen LogP contribution in [0.5, 0.6) is 0 Å². The van der Waals surface area contributed by atoms with Gasteiger partial charge in [0.1, 0.15) is 5.78 Å². The molecule has 5 fully saturated rings. The van der Waals surface area contributed by atoms with E-state index in [1.807, 2.05) is 0 Å². The molecule has 0 unspecified atom stereocenters. The predicted octanol–water partition coefficient (Wildman–Crippen LogP) is 2.61. The summed E-state index contributed by atoms with van der Waals surface area (Å²) >= 11 is 0. The average Bonchev–Trinajstić information content (AvgIpc) is 3.13. The van der Waals surface area contributed by atoms with E-state index >= 15 is 0 Å². The number of Topliss-reactive ketones (excluding diaryl/α,β-unsaturated/α-hetero) is 1. The highest BCUT2D eigenvalue weighted by atomic mass is 16.7. The van der Waals surface area contributed by atoms with Crippen LogP contribution in [0.25, 0.3) is 0 Å². The molecule has 1 heterocycles. The molecule has 5 rings (SSSR count). The minimum absolute atomic E-state index is 0.0901. The number of carbonyl (C=O) groups is 2. The van der Waals surface area contributed by atoms with Crippen LogP contribution in [0.15, 0.2) is 0 Å². The summed E-state index contributed by atoms with van der Waals surface area (Å²) in [5, 5.41) is 11.7. The van der Waals surface area contributed by atoms with Crippen LogP contribution in [0.2, 0.25) is 0 Å². The van der Waals surface area contributed by atoms with Crippen LogP contribution < -0.4 is 0 Å². The maximum atomic E-state index is 12.5. The normalized spacial score (nSPS) is 54.6. The molecule has 0 radical (unpaired) electrons. The lowest BCUT2D eigenvalue weighted by atomic mass is 9.42. The van der Waals surface area contributed by atoms with Crippen LogP contribution in [-0.4, -0.2) is 48.6 Å². The summed E-state index contributed by atoms with van der Waals surface area (Å²) in [6, 6.07) is 0. The van der Waals surface area contributed by atoms with Crippen LogP contribution in [0.3, 0.4) is 0 Å². The van der Waals surface area contributed by atoms with Crippen LogP contribution in [0, 0.1) is 28.6 Å². The first kappa shape index (κ1) is 19.0. The van der Waals surface area contributed by atoms with Crippen molar-refractivity contribution < 1.29 is 28.9 Å². The predicted molar refractivity (Wildman–Crippen MR) is 99.1 cm³/mol. The second-order valence-electron chi connectivity index (χ2n) is 10.2. The molecule has 5 aliphatic rings. The number of fused-ring (bicyclic) bond motifs is 1. The van der Waals surface area contributed by atoms with E-state index in [4.69, 9.17) is 14.2 Å². The Morgan fingerprint density at radius 1 is 1.11 bits per heavy atom. The maximum Gasteiger partial charge on any atom is 0.309 e. The van der Waals surface area contributed by atoms with Crippen molar-refractivity contribution in [2.24, 2.45) is 28.6 Å². The summed E-state index contributed by atoms with van der Waals surface area (Å²) in [6.07, 6.45) is 5.76. The van der Waals surface area contributed by atoms with Crippen molar-refractivity contribution >= 4 is 11.8 Å². The molecule has 4 aliphatic carbocycles. The number of carbonyl (C=O) groups excluding carboxylic acids is 2. The highest BCUT2D eigenvalue weighted by Gasteiger charge is 2.79. The molecule has 8 atom stereocenters. The molecular formula is C22H32O6. The fourth-order valence-corrected chi connectivity index (χ4v) is 8.57. The maximum absolute atomic E-state index is 12.5. The second-order valence-corrected chi connectivity index (χ2v) is 10.2. The average molecular weight is 392 g/mol. The van der Waals surface area contributed by atoms with Gasteiger partial charge in [0.2, 0.25) is 0 Å². The van der Waals surface area contributed by atoms with E-state index in [0.29, 0.717) is 19.3 Å². The van der Waals surface area contributed by atoms with Gasteiger partial charge in [-0.1, -0.05) is 6.92 Å². The SMILES string of the molecule is COC(=O)[C@H]1CC[C@@H]2[C@]1(C)CC[C@H]1[C@@]23CC[C@@]2(O)CC(=O)CC[C@]12[C@H](OC)O3. The van der Waals surface area contributed by atoms with Gasteiger partial charge < -0.3 is 19.3 Å². The first-order chi connectivity index (χ1) is 13.3. The Bertz CT molecular complexity index is 722. The van der Waals surface area contributed by atoms with Crippen molar-refractivity contribution in [3.8, 4) is 0 Å². The second kappa shape index (κ2) is 5.79. The largest absolute Gasteiger partial charge is 0.469 e. The van der Waals surface area contributed by atoms with E-state index in [-0.39, 0.29) is 46.9 Å². The van der Waals surface area contributed by atoms with Gasteiger partial charge in [0, 0.05) is 25.9 Å². The third-order valence-corrected chi connectivity index (χ3v) is 9.66. The highest BCUT2D eigenvalue weighted by molar-refractivity contribution is 5.81. The van der Waals surface area contributed by atoms with Crippen molar-refractivity contribution in [3.05, 3.63) is 0 Å². The Balaban J connectivity index is 1.60. The molecule has 1 spiro atoms. The van der Waals surface area contributed by atoms with Crippen molar-refractivity contribution in [1.82, 2.24) is 0 Å². The van der Waals surface area contributed by atoms with Gasteiger partial charge in [-0.2, -0.15) is 0 Å². The lowest BCUT2D eigenvalue weighted by Gasteiger charge is -2.62. The van der Waals surface area contributed by atoms with E-state index in [1.165, 1.54) is 7.11 Å². The van der Waals surface area contributed by atoms with Crippen molar-refractivity contribution in [2.45, 2.75) is 82.2 Å². The fraction of sp³-hybridized carbons (Fsp3) is 0.909. The van der Waals surface area contributed by atoms with Gasteiger partial charge in [0.15, 0.2) is 6.29 Å². The van der Waals surface area contributed by atoms with Crippen LogP contribution in [-0.2, 0) is 23.8 Å². The van der Waals surface area contributed by atoms with Gasteiger partial charge in [0.25, 0.3) is 0 Å². The zero-order chi connectivity index (χ0) is 19.9. The van der Waals surface area contributed by atoms with E-state index in [1.54, 1.807) is 7.11 Å². The number of rotatable bonds is 2. The molecule has 1 N–H and O–H groups in total. The van der Waals surface area contributed by atoms with Crippen LogP contribution in [0.1, 0.15) is 64.7 Å². The Labute approximate surface area is 166 Å². The summed E-state index contributed by atoms with van der Waals surface area (Å²) in [6.45, 7) is 2.23. The Kier molecular flexibility index (Phi) is 3.93. The Morgan fingerprint density at radius 3 is 2.61 bits per heavy atom. The Morgan fingerprint density at radius 2 is 1.89 bits per heavy atom. The molecule has 1 saturated heterocycles. The molecule has 0 aromatic rings. The van der Waals surface area contributed by atoms with Crippen molar-refractivity contribution in [1.29, 1.82) is 0 Å². The van der Waals surface area contributed by atoms with E-state index in [9.17, 15) is 14.7 Å². The van der Waals surface area contributed by atoms with Crippen LogP contribution in [0.4, 0.5) is 0 Å². The summed E-state index contributed by atoms with van der Waals surface area (Å²) in [4.78, 5) is 24.7. The molecule has 156 valence electrons. The quantitative estimate of drug-likeness (QED) is 0.728. The monoisotopic (exact) mass is 392 g/mol. The molecule has 6 nitrogen and oxygen atoms in total.